The number of nitrogens with one attached hydrogen (secondary N) is 1. The third-order valence-corrected chi connectivity index (χ3v) is 4.74. The summed E-state index contributed by atoms with van der Waals surface area (Å²) in [5, 5.41) is 11.1. The largest absolute Gasteiger partial charge is 0.494 e. The molecule has 1 aliphatic heterocycles. The Labute approximate surface area is 195 Å². The number of nitrogens with zero attached hydrogens (tertiary/aromatic N) is 1. The first-order valence-corrected chi connectivity index (χ1v) is 10.6. The predicted molar refractivity (Wildman–Crippen MR) is 122 cm³/mol. The molecule has 4 amide bonds. The maximum Gasteiger partial charge on any atom is 0.344 e. The molecule has 10 nitrogen and oxygen atoms in total. The quantitative estimate of drug-likeness (QED) is 0.424. The summed E-state index contributed by atoms with van der Waals surface area (Å²) in [5.74, 6) is -1.70. The summed E-state index contributed by atoms with van der Waals surface area (Å²) in [4.78, 5) is 50.0. The van der Waals surface area contributed by atoms with Crippen LogP contribution in [0.15, 0.2) is 48.0 Å². The Morgan fingerprint density at radius 2 is 1.68 bits per heavy atom. The molecule has 1 fully saturated rings. The molecular formula is C24H24N2O8. The molecule has 0 radical (unpaired) electrons. The smallest absolute Gasteiger partial charge is 0.344 e. The van der Waals surface area contributed by atoms with Crippen molar-refractivity contribution in [2.24, 2.45) is 0 Å². The van der Waals surface area contributed by atoms with Crippen molar-refractivity contribution in [2.75, 3.05) is 18.1 Å². The van der Waals surface area contributed by atoms with E-state index >= 15 is 0 Å². The monoisotopic (exact) mass is 468 g/mol. The average Bonchev–Trinajstić information content (AvgIpc) is 2.79. The van der Waals surface area contributed by atoms with Gasteiger partial charge in [0.05, 0.1) is 18.9 Å². The molecular weight excluding hydrogens is 444 g/mol. The Kier molecular flexibility index (Phi) is 7.52. The molecule has 34 heavy (non-hydrogen) atoms. The third kappa shape index (κ3) is 5.34. The molecule has 1 saturated heterocycles. The number of carboxylic acid groups (broad SMARTS) is 1. The van der Waals surface area contributed by atoms with Crippen LogP contribution in [0.25, 0.3) is 6.08 Å². The van der Waals surface area contributed by atoms with Gasteiger partial charge in [-0.2, -0.15) is 0 Å². The number of aliphatic carboxylic acids is 1. The van der Waals surface area contributed by atoms with Crippen molar-refractivity contribution < 1.29 is 38.5 Å². The van der Waals surface area contributed by atoms with Crippen molar-refractivity contribution in [3.8, 4) is 17.2 Å². The lowest BCUT2D eigenvalue weighted by atomic mass is 10.1. The topological polar surface area (TPSA) is 131 Å². The van der Waals surface area contributed by atoms with Crippen molar-refractivity contribution in [1.82, 2.24) is 5.32 Å². The first kappa shape index (κ1) is 24.3. The number of hydrogen-bond donors (Lipinski definition) is 2. The van der Waals surface area contributed by atoms with Gasteiger partial charge < -0.3 is 19.3 Å². The number of imide groups is 2. The van der Waals surface area contributed by atoms with E-state index in [0.717, 1.165) is 4.90 Å². The van der Waals surface area contributed by atoms with Crippen LogP contribution in [0.1, 0.15) is 26.3 Å². The number of carboxylic acids is 1. The highest BCUT2D eigenvalue weighted by Gasteiger charge is 2.38. The van der Waals surface area contributed by atoms with Gasteiger partial charge in [0, 0.05) is 6.07 Å². The normalized spacial score (nSPS) is 15.7. The summed E-state index contributed by atoms with van der Waals surface area (Å²) < 4.78 is 16.3. The number of amides is 4. The van der Waals surface area contributed by atoms with Gasteiger partial charge in [0.25, 0.3) is 11.8 Å². The summed E-state index contributed by atoms with van der Waals surface area (Å²) in [6.45, 7) is 5.68. The van der Waals surface area contributed by atoms with Crippen molar-refractivity contribution >= 4 is 35.6 Å². The minimum atomic E-state index is -1.11. The Bertz CT molecular complexity index is 1140. The zero-order valence-corrected chi connectivity index (χ0v) is 18.9. The lowest BCUT2D eigenvalue weighted by molar-refractivity contribution is -0.144. The van der Waals surface area contributed by atoms with Gasteiger partial charge in [-0.15, -0.1) is 0 Å². The van der Waals surface area contributed by atoms with E-state index in [1.54, 1.807) is 31.2 Å². The Balaban J connectivity index is 1.92. The molecule has 178 valence electrons. The molecule has 2 aromatic rings. The highest BCUT2D eigenvalue weighted by molar-refractivity contribution is 6.39. The Hall–Kier alpha value is -4.34. The molecule has 0 aromatic heterocycles. The maximum atomic E-state index is 13.2. The van der Waals surface area contributed by atoms with Gasteiger partial charge in [-0.05, 0) is 56.7 Å². The zero-order chi connectivity index (χ0) is 24.8. The van der Waals surface area contributed by atoms with Crippen LogP contribution < -0.4 is 24.4 Å². The molecule has 2 N–H and O–H groups in total. The molecule has 2 aromatic carbocycles. The van der Waals surface area contributed by atoms with Crippen LogP contribution in [0.4, 0.5) is 10.5 Å². The van der Waals surface area contributed by atoms with Crippen LogP contribution in [-0.2, 0) is 14.4 Å². The van der Waals surface area contributed by atoms with Crippen molar-refractivity contribution in [3.63, 3.8) is 0 Å². The number of benzene rings is 2. The number of barbiturate groups is 1. The number of rotatable bonds is 9. The number of carbonyl (C=O) groups is 4. The molecule has 1 atom stereocenters. The van der Waals surface area contributed by atoms with Crippen molar-refractivity contribution in [2.45, 2.75) is 26.9 Å². The Morgan fingerprint density at radius 1 is 1.03 bits per heavy atom. The fourth-order valence-corrected chi connectivity index (χ4v) is 3.15. The molecule has 0 bridgehead atoms. The maximum absolute atomic E-state index is 13.2. The highest BCUT2D eigenvalue weighted by Crippen LogP contribution is 2.35. The molecule has 0 aliphatic carbocycles. The van der Waals surface area contributed by atoms with E-state index in [4.69, 9.17) is 19.3 Å². The van der Waals surface area contributed by atoms with Gasteiger partial charge in [0.2, 0.25) is 0 Å². The van der Waals surface area contributed by atoms with Gasteiger partial charge in [-0.25, -0.2) is 14.5 Å². The van der Waals surface area contributed by atoms with Gasteiger partial charge in [-0.3, -0.25) is 14.9 Å². The summed E-state index contributed by atoms with van der Waals surface area (Å²) >= 11 is 0. The highest BCUT2D eigenvalue weighted by atomic mass is 16.5. The molecule has 1 heterocycles. The second kappa shape index (κ2) is 10.5. The fourth-order valence-electron chi connectivity index (χ4n) is 3.15. The number of ether oxygens (including phenoxy) is 3. The van der Waals surface area contributed by atoms with Gasteiger partial charge >= 0.3 is 12.0 Å². The van der Waals surface area contributed by atoms with Crippen LogP contribution in [-0.4, -0.2) is 48.2 Å². The molecule has 1 aliphatic rings. The minimum absolute atomic E-state index is 0.164. The first-order valence-electron chi connectivity index (χ1n) is 10.6. The second-order valence-corrected chi connectivity index (χ2v) is 7.12. The SMILES string of the molecule is CCOc1ccc(N2C(=O)NC(=O)/C(=C/c3ccc(O[C@H](C)C(=O)O)cc3)C2=O)c(OCC)c1. The zero-order valence-electron chi connectivity index (χ0n) is 18.9. The standard InChI is InChI=1S/C24H24N2O8/c1-4-32-17-10-11-19(20(13-17)33-5-2)26-22(28)18(21(27)25-24(26)31)12-15-6-8-16(9-7-15)34-14(3)23(29)30/h6-14H,4-5H2,1-3H3,(H,29,30)(H,25,27,31)/b18-12-/t14-/m1/s1. The van der Waals surface area contributed by atoms with Gasteiger partial charge in [0.15, 0.2) is 6.10 Å². The minimum Gasteiger partial charge on any atom is -0.494 e. The summed E-state index contributed by atoms with van der Waals surface area (Å²) in [6, 6.07) is 9.92. The Morgan fingerprint density at radius 3 is 2.29 bits per heavy atom. The predicted octanol–water partition coefficient (Wildman–Crippen LogP) is 3.00. The number of carbonyl (C=O) groups excluding carboxylic acids is 3. The average molecular weight is 468 g/mol. The van der Waals surface area contributed by atoms with Crippen molar-refractivity contribution in [3.05, 3.63) is 53.6 Å². The molecule has 10 heteroatoms. The lowest BCUT2D eigenvalue weighted by Crippen LogP contribution is -2.54. The summed E-state index contributed by atoms with van der Waals surface area (Å²) in [7, 11) is 0. The molecule has 0 saturated carbocycles. The van der Waals surface area contributed by atoms with Gasteiger partial charge in [-0.1, -0.05) is 12.1 Å². The van der Waals surface area contributed by atoms with E-state index in [0.29, 0.717) is 23.7 Å². The van der Waals surface area contributed by atoms with Gasteiger partial charge in [0.1, 0.15) is 22.8 Å². The fraction of sp³-hybridized carbons (Fsp3) is 0.250. The van der Waals surface area contributed by atoms with Crippen LogP contribution in [0.5, 0.6) is 17.2 Å². The third-order valence-electron chi connectivity index (χ3n) is 4.74. The van der Waals surface area contributed by atoms with Crippen molar-refractivity contribution in [1.29, 1.82) is 0 Å². The summed E-state index contributed by atoms with van der Waals surface area (Å²) in [5.41, 5.74) is 0.376. The molecule has 3 rings (SSSR count). The molecule has 0 unspecified atom stereocenters. The van der Waals surface area contributed by atoms with E-state index in [1.807, 2.05) is 6.92 Å². The van der Waals surface area contributed by atoms with E-state index in [1.165, 1.54) is 31.2 Å². The summed E-state index contributed by atoms with van der Waals surface area (Å²) in [6.07, 6.45) is 0.291. The van der Waals surface area contributed by atoms with E-state index in [2.05, 4.69) is 5.32 Å². The van der Waals surface area contributed by atoms with Crippen LogP contribution in [0.2, 0.25) is 0 Å². The van der Waals surface area contributed by atoms with Crippen LogP contribution >= 0.6 is 0 Å². The van der Waals surface area contributed by atoms with E-state index < -0.39 is 29.9 Å². The number of hydrogen-bond acceptors (Lipinski definition) is 7. The van der Waals surface area contributed by atoms with Crippen LogP contribution in [0, 0.1) is 0 Å². The lowest BCUT2D eigenvalue weighted by Gasteiger charge is -2.28. The first-order chi connectivity index (χ1) is 16.2. The number of urea groups is 1. The number of anilines is 1. The van der Waals surface area contributed by atoms with E-state index in [-0.39, 0.29) is 23.6 Å². The van der Waals surface area contributed by atoms with Crippen LogP contribution in [0.3, 0.4) is 0 Å². The van der Waals surface area contributed by atoms with E-state index in [9.17, 15) is 19.2 Å². The second-order valence-electron chi connectivity index (χ2n) is 7.12. The molecule has 0 spiro atoms.